The first-order valence-corrected chi connectivity index (χ1v) is 4.94. The number of nitriles is 2. The molecule has 0 aliphatic rings. The zero-order valence-electron chi connectivity index (χ0n) is 9.06. The zero-order chi connectivity index (χ0) is 13.1. The Hall–Kier alpha value is -2.73. The van der Waals surface area contributed by atoms with E-state index in [1.165, 1.54) is 10.9 Å². The van der Waals surface area contributed by atoms with Gasteiger partial charge in [-0.2, -0.15) is 10.5 Å². The maximum atomic E-state index is 13.0. The molecule has 0 atom stereocenters. The SMILES string of the molecule is N#Cc1ncn(Cc2cc(F)cc(F)c2)c1C#N. The molecule has 0 amide bonds. The molecule has 1 heterocycles. The van der Waals surface area contributed by atoms with Crippen molar-refractivity contribution in [2.75, 3.05) is 0 Å². The van der Waals surface area contributed by atoms with Gasteiger partial charge in [-0.15, -0.1) is 0 Å². The number of rotatable bonds is 2. The quantitative estimate of drug-likeness (QED) is 0.810. The number of hydrogen-bond donors (Lipinski definition) is 0. The van der Waals surface area contributed by atoms with Gasteiger partial charge in [-0.1, -0.05) is 0 Å². The Bertz CT molecular complexity index is 656. The Kier molecular flexibility index (Phi) is 3.03. The highest BCUT2D eigenvalue weighted by Gasteiger charge is 2.10. The minimum atomic E-state index is -0.691. The number of hydrogen-bond acceptors (Lipinski definition) is 3. The van der Waals surface area contributed by atoms with E-state index < -0.39 is 11.6 Å². The average Bonchev–Trinajstić information content (AvgIpc) is 2.69. The smallest absolute Gasteiger partial charge is 0.176 e. The molecule has 0 fully saturated rings. The lowest BCUT2D eigenvalue weighted by molar-refractivity contribution is 0.577. The van der Waals surface area contributed by atoms with Crippen LogP contribution in [0.2, 0.25) is 0 Å². The van der Waals surface area contributed by atoms with Crippen LogP contribution in [-0.2, 0) is 6.54 Å². The Morgan fingerprint density at radius 1 is 1.11 bits per heavy atom. The second-order valence-electron chi connectivity index (χ2n) is 3.57. The third-order valence-electron chi connectivity index (χ3n) is 2.32. The highest BCUT2D eigenvalue weighted by atomic mass is 19.1. The van der Waals surface area contributed by atoms with Gasteiger partial charge >= 0.3 is 0 Å². The van der Waals surface area contributed by atoms with Crippen LogP contribution in [0, 0.1) is 34.3 Å². The van der Waals surface area contributed by atoms with Gasteiger partial charge in [0.25, 0.3) is 0 Å². The summed E-state index contributed by atoms with van der Waals surface area (Å²) in [5.41, 5.74) is 0.419. The maximum Gasteiger partial charge on any atom is 0.176 e. The predicted molar refractivity (Wildman–Crippen MR) is 57.1 cm³/mol. The molecule has 0 saturated heterocycles. The lowest BCUT2D eigenvalue weighted by Crippen LogP contribution is -2.02. The van der Waals surface area contributed by atoms with Gasteiger partial charge < -0.3 is 4.57 Å². The topological polar surface area (TPSA) is 65.4 Å². The van der Waals surface area contributed by atoms with Crippen LogP contribution in [0.1, 0.15) is 17.0 Å². The molecule has 0 spiro atoms. The Balaban J connectivity index is 2.38. The molecule has 2 rings (SSSR count). The molecular weight excluding hydrogens is 238 g/mol. The predicted octanol–water partition coefficient (Wildman–Crippen LogP) is 1.95. The maximum absolute atomic E-state index is 13.0. The summed E-state index contributed by atoms with van der Waals surface area (Å²) in [5.74, 6) is -1.38. The first-order chi connectivity index (χ1) is 8.63. The van der Waals surface area contributed by atoms with Crippen molar-refractivity contribution >= 4 is 0 Å². The Labute approximate surface area is 101 Å². The van der Waals surface area contributed by atoms with Gasteiger partial charge in [0, 0.05) is 12.6 Å². The summed E-state index contributed by atoms with van der Waals surface area (Å²) in [4.78, 5) is 3.74. The first kappa shape index (κ1) is 11.7. The fraction of sp³-hybridized carbons (Fsp3) is 0.0833. The highest BCUT2D eigenvalue weighted by Crippen LogP contribution is 2.12. The largest absolute Gasteiger partial charge is 0.317 e. The highest BCUT2D eigenvalue weighted by molar-refractivity contribution is 5.36. The number of aromatic nitrogens is 2. The van der Waals surface area contributed by atoms with Gasteiger partial charge in [0.15, 0.2) is 11.4 Å². The summed E-state index contributed by atoms with van der Waals surface area (Å²) in [6.45, 7) is 0.0756. The summed E-state index contributed by atoms with van der Waals surface area (Å²) in [6, 6.07) is 6.70. The van der Waals surface area contributed by atoms with Crippen LogP contribution in [0.3, 0.4) is 0 Å². The van der Waals surface area contributed by atoms with Crippen LogP contribution < -0.4 is 0 Å². The molecule has 0 aliphatic carbocycles. The molecular formula is C12H6F2N4. The molecule has 4 nitrogen and oxygen atoms in total. The molecule has 0 bridgehead atoms. The fourth-order valence-corrected chi connectivity index (χ4v) is 1.60. The van der Waals surface area contributed by atoms with Crippen molar-refractivity contribution in [2.45, 2.75) is 6.54 Å². The molecule has 18 heavy (non-hydrogen) atoms. The molecule has 0 radical (unpaired) electrons. The first-order valence-electron chi connectivity index (χ1n) is 4.94. The van der Waals surface area contributed by atoms with Crippen LogP contribution in [0.15, 0.2) is 24.5 Å². The standard InChI is InChI=1S/C12H6F2N4/c13-9-1-8(2-10(14)3-9)6-18-7-17-11(4-15)12(18)5-16/h1-3,7H,6H2. The lowest BCUT2D eigenvalue weighted by Gasteiger charge is -2.04. The van der Waals surface area contributed by atoms with E-state index in [9.17, 15) is 8.78 Å². The monoisotopic (exact) mass is 244 g/mol. The number of imidazole rings is 1. The van der Waals surface area contributed by atoms with Crippen LogP contribution in [-0.4, -0.2) is 9.55 Å². The summed E-state index contributed by atoms with van der Waals surface area (Å²) in [6.07, 6.45) is 1.29. The van der Waals surface area contributed by atoms with Crippen molar-refractivity contribution in [1.82, 2.24) is 9.55 Å². The van der Waals surface area contributed by atoms with Gasteiger partial charge in [0.05, 0.1) is 6.33 Å². The van der Waals surface area contributed by atoms with Crippen molar-refractivity contribution in [1.29, 1.82) is 10.5 Å². The van der Waals surface area contributed by atoms with Crippen molar-refractivity contribution in [2.24, 2.45) is 0 Å². The summed E-state index contributed by atoms with van der Waals surface area (Å²) in [7, 11) is 0. The third-order valence-corrected chi connectivity index (χ3v) is 2.32. The van der Waals surface area contributed by atoms with E-state index in [0.29, 0.717) is 5.56 Å². The van der Waals surface area contributed by atoms with Crippen LogP contribution >= 0.6 is 0 Å². The molecule has 6 heteroatoms. The molecule has 0 unspecified atom stereocenters. The lowest BCUT2D eigenvalue weighted by atomic mass is 10.2. The van der Waals surface area contributed by atoms with E-state index in [-0.39, 0.29) is 17.9 Å². The normalized spacial score (nSPS) is 9.78. The minimum Gasteiger partial charge on any atom is -0.317 e. The number of halogens is 2. The molecule has 1 aromatic carbocycles. The fourth-order valence-electron chi connectivity index (χ4n) is 1.60. The summed E-state index contributed by atoms with van der Waals surface area (Å²) < 4.78 is 27.4. The Morgan fingerprint density at radius 3 is 2.33 bits per heavy atom. The van der Waals surface area contributed by atoms with Crippen molar-refractivity contribution in [3.63, 3.8) is 0 Å². The second-order valence-corrected chi connectivity index (χ2v) is 3.57. The van der Waals surface area contributed by atoms with E-state index >= 15 is 0 Å². The van der Waals surface area contributed by atoms with E-state index in [0.717, 1.165) is 18.2 Å². The van der Waals surface area contributed by atoms with E-state index in [2.05, 4.69) is 4.98 Å². The minimum absolute atomic E-state index is 0.00521. The van der Waals surface area contributed by atoms with Crippen LogP contribution in [0.4, 0.5) is 8.78 Å². The van der Waals surface area contributed by atoms with Gasteiger partial charge in [-0.25, -0.2) is 13.8 Å². The molecule has 88 valence electrons. The third kappa shape index (κ3) is 2.18. The van der Waals surface area contributed by atoms with E-state index in [1.807, 2.05) is 6.07 Å². The summed E-state index contributed by atoms with van der Waals surface area (Å²) >= 11 is 0. The van der Waals surface area contributed by atoms with E-state index in [1.54, 1.807) is 6.07 Å². The van der Waals surface area contributed by atoms with Gasteiger partial charge in [-0.3, -0.25) is 0 Å². The molecule has 0 N–H and O–H groups in total. The van der Waals surface area contributed by atoms with E-state index in [4.69, 9.17) is 10.5 Å². The average molecular weight is 244 g/mol. The summed E-state index contributed by atoms with van der Waals surface area (Å²) in [5, 5.41) is 17.6. The van der Waals surface area contributed by atoms with Gasteiger partial charge in [0.2, 0.25) is 0 Å². The Morgan fingerprint density at radius 2 is 1.78 bits per heavy atom. The second kappa shape index (κ2) is 4.64. The number of nitrogens with zero attached hydrogens (tertiary/aromatic N) is 4. The van der Waals surface area contributed by atoms with Gasteiger partial charge in [-0.05, 0) is 17.7 Å². The molecule has 2 aromatic rings. The molecule has 1 aromatic heterocycles. The van der Waals surface area contributed by atoms with Crippen molar-refractivity contribution < 1.29 is 8.78 Å². The van der Waals surface area contributed by atoms with Crippen LogP contribution in [0.5, 0.6) is 0 Å². The zero-order valence-corrected chi connectivity index (χ0v) is 9.06. The van der Waals surface area contributed by atoms with Gasteiger partial charge in [0.1, 0.15) is 23.8 Å². The number of benzene rings is 1. The van der Waals surface area contributed by atoms with Crippen LogP contribution in [0.25, 0.3) is 0 Å². The van der Waals surface area contributed by atoms with Crippen molar-refractivity contribution in [3.05, 3.63) is 53.1 Å². The molecule has 0 saturated carbocycles. The molecule has 0 aliphatic heterocycles. The van der Waals surface area contributed by atoms with Crippen molar-refractivity contribution in [3.8, 4) is 12.1 Å².